The van der Waals surface area contributed by atoms with Gasteiger partial charge in [0.15, 0.2) is 0 Å². The molecule has 1 N–H and O–H groups in total. The number of hydrogen-bond acceptors (Lipinski definition) is 1. The van der Waals surface area contributed by atoms with Gasteiger partial charge in [-0.2, -0.15) is 0 Å². The van der Waals surface area contributed by atoms with E-state index >= 15 is 0 Å². The van der Waals surface area contributed by atoms with Crippen LogP contribution in [0.25, 0.3) is 11.1 Å². The van der Waals surface area contributed by atoms with Crippen LogP contribution in [0.3, 0.4) is 0 Å². The third-order valence-corrected chi connectivity index (χ3v) is 4.75. The van der Waals surface area contributed by atoms with Crippen molar-refractivity contribution < 1.29 is 14.3 Å². The van der Waals surface area contributed by atoms with Crippen LogP contribution in [0.1, 0.15) is 53.0 Å². The summed E-state index contributed by atoms with van der Waals surface area (Å²) in [6, 6.07) is 8.14. The minimum atomic E-state index is -0.900. The molecule has 0 aliphatic heterocycles. The summed E-state index contributed by atoms with van der Waals surface area (Å²) in [7, 11) is 0. The van der Waals surface area contributed by atoms with E-state index in [1.165, 1.54) is 35.1 Å². The topological polar surface area (TPSA) is 37.3 Å². The second-order valence-electron chi connectivity index (χ2n) is 6.98. The van der Waals surface area contributed by atoms with E-state index < -0.39 is 5.97 Å². The lowest BCUT2D eigenvalue weighted by atomic mass is 9.88. The molecule has 24 heavy (non-hydrogen) atoms. The Kier molecular flexibility index (Phi) is 4.44. The van der Waals surface area contributed by atoms with Crippen LogP contribution >= 0.6 is 0 Å². The van der Waals surface area contributed by atoms with E-state index in [0.29, 0.717) is 17.0 Å². The Morgan fingerprint density at radius 1 is 1.12 bits per heavy atom. The summed E-state index contributed by atoms with van der Waals surface area (Å²) in [5.41, 5.74) is 7.08. The van der Waals surface area contributed by atoms with Crippen molar-refractivity contribution in [2.24, 2.45) is 0 Å². The molecule has 1 aliphatic carbocycles. The fraction of sp³-hybridized carbons (Fsp3) is 0.381. The van der Waals surface area contributed by atoms with E-state index in [9.17, 15) is 9.18 Å². The maximum atomic E-state index is 14.4. The number of benzene rings is 2. The summed E-state index contributed by atoms with van der Waals surface area (Å²) in [4.78, 5) is 10.8. The molecule has 0 atom stereocenters. The minimum absolute atomic E-state index is 0.0534. The molecule has 3 rings (SSSR count). The maximum absolute atomic E-state index is 14.4. The summed E-state index contributed by atoms with van der Waals surface area (Å²) >= 11 is 0. The van der Waals surface area contributed by atoms with Crippen molar-refractivity contribution in [2.45, 2.75) is 52.4 Å². The third kappa shape index (κ3) is 3.35. The van der Waals surface area contributed by atoms with Gasteiger partial charge in [-0.1, -0.05) is 17.7 Å². The zero-order chi connectivity index (χ0) is 17.4. The number of halogens is 1. The molecule has 1 aliphatic rings. The normalized spacial score (nSPS) is 14.0. The lowest BCUT2D eigenvalue weighted by Crippen LogP contribution is -2.02. The molecule has 0 aromatic heterocycles. The molecule has 2 aromatic carbocycles. The zero-order valence-electron chi connectivity index (χ0n) is 14.4. The predicted molar refractivity (Wildman–Crippen MR) is 94.0 cm³/mol. The Labute approximate surface area is 142 Å². The van der Waals surface area contributed by atoms with Gasteiger partial charge < -0.3 is 5.11 Å². The molecule has 0 radical (unpaired) electrons. The summed E-state index contributed by atoms with van der Waals surface area (Å²) in [6.07, 6.45) is 2.59. The Hall–Kier alpha value is -2.16. The van der Waals surface area contributed by atoms with Gasteiger partial charge in [0.05, 0.1) is 0 Å². The average Bonchev–Trinajstić information content (AvgIpc) is 3.32. The third-order valence-electron chi connectivity index (χ3n) is 4.75. The van der Waals surface area contributed by atoms with E-state index in [-0.39, 0.29) is 18.7 Å². The quantitative estimate of drug-likeness (QED) is 0.808. The Morgan fingerprint density at radius 3 is 2.46 bits per heavy atom. The zero-order valence-corrected chi connectivity index (χ0v) is 14.4. The standard InChI is InChI=1S/C21H23FO2/c1-12-8-13(2)20(18(9-12)15-4-5-15)17-10-14(3)21(22)16(11-17)6-7-19(23)24/h8-11,15H,4-7H2,1-3H3,(H,23,24). The highest BCUT2D eigenvalue weighted by molar-refractivity contribution is 5.74. The summed E-state index contributed by atoms with van der Waals surface area (Å²) in [6.45, 7) is 5.96. The van der Waals surface area contributed by atoms with Crippen LogP contribution in [0.4, 0.5) is 4.39 Å². The van der Waals surface area contributed by atoms with E-state index in [0.717, 1.165) is 5.56 Å². The van der Waals surface area contributed by atoms with E-state index in [2.05, 4.69) is 26.0 Å². The van der Waals surface area contributed by atoms with Crippen LogP contribution in [0.15, 0.2) is 24.3 Å². The van der Waals surface area contributed by atoms with Gasteiger partial charge in [0, 0.05) is 6.42 Å². The Morgan fingerprint density at radius 2 is 1.83 bits per heavy atom. The van der Waals surface area contributed by atoms with Gasteiger partial charge >= 0.3 is 5.97 Å². The predicted octanol–water partition coefficient (Wildman–Crippen LogP) is 5.31. The first-order valence-corrected chi connectivity index (χ1v) is 8.49. The molecule has 2 nitrogen and oxygen atoms in total. The van der Waals surface area contributed by atoms with E-state index in [1.54, 1.807) is 6.92 Å². The van der Waals surface area contributed by atoms with Crippen molar-refractivity contribution in [1.82, 2.24) is 0 Å². The van der Waals surface area contributed by atoms with Crippen molar-refractivity contribution in [1.29, 1.82) is 0 Å². The van der Waals surface area contributed by atoms with Gasteiger partial charge in [0.25, 0.3) is 0 Å². The first-order valence-electron chi connectivity index (χ1n) is 8.49. The molecule has 1 fully saturated rings. The molecule has 1 saturated carbocycles. The van der Waals surface area contributed by atoms with Crippen LogP contribution < -0.4 is 0 Å². The first kappa shape index (κ1) is 16.7. The van der Waals surface area contributed by atoms with Crippen molar-refractivity contribution >= 4 is 5.97 Å². The molecule has 0 heterocycles. The molecule has 0 unspecified atom stereocenters. The first-order chi connectivity index (χ1) is 11.4. The second-order valence-corrected chi connectivity index (χ2v) is 6.98. The number of aliphatic carboxylic acids is 1. The fourth-order valence-corrected chi connectivity index (χ4v) is 3.52. The molecule has 2 aromatic rings. The highest BCUT2D eigenvalue weighted by atomic mass is 19.1. The number of aryl methyl sites for hydroxylation is 4. The summed E-state index contributed by atoms with van der Waals surface area (Å²) < 4.78 is 14.4. The summed E-state index contributed by atoms with van der Waals surface area (Å²) in [5.74, 6) is -0.577. The van der Waals surface area contributed by atoms with Crippen molar-refractivity contribution in [3.63, 3.8) is 0 Å². The highest BCUT2D eigenvalue weighted by Gasteiger charge is 2.27. The maximum Gasteiger partial charge on any atom is 0.303 e. The van der Waals surface area contributed by atoms with Crippen LogP contribution in [-0.2, 0) is 11.2 Å². The average molecular weight is 326 g/mol. The van der Waals surface area contributed by atoms with E-state index in [1.807, 2.05) is 12.1 Å². The van der Waals surface area contributed by atoms with Crippen LogP contribution in [-0.4, -0.2) is 11.1 Å². The number of hydrogen-bond donors (Lipinski definition) is 1. The molecule has 126 valence electrons. The molecular weight excluding hydrogens is 303 g/mol. The highest BCUT2D eigenvalue weighted by Crippen LogP contribution is 2.46. The van der Waals surface area contributed by atoms with Crippen molar-refractivity contribution in [3.8, 4) is 11.1 Å². The number of carbonyl (C=O) groups is 1. The minimum Gasteiger partial charge on any atom is -0.481 e. The lowest BCUT2D eigenvalue weighted by Gasteiger charge is -2.17. The largest absolute Gasteiger partial charge is 0.481 e. The van der Waals surface area contributed by atoms with E-state index in [4.69, 9.17) is 5.11 Å². The number of carboxylic acids is 1. The smallest absolute Gasteiger partial charge is 0.303 e. The number of rotatable bonds is 5. The van der Waals surface area contributed by atoms with Crippen LogP contribution in [0, 0.1) is 26.6 Å². The van der Waals surface area contributed by atoms with Gasteiger partial charge in [0.2, 0.25) is 0 Å². The van der Waals surface area contributed by atoms with Gasteiger partial charge in [-0.3, -0.25) is 4.79 Å². The van der Waals surface area contributed by atoms with Crippen LogP contribution in [0.5, 0.6) is 0 Å². The molecule has 0 amide bonds. The molecule has 0 bridgehead atoms. The van der Waals surface area contributed by atoms with Gasteiger partial charge in [0.1, 0.15) is 5.82 Å². The Balaban J connectivity index is 2.11. The monoisotopic (exact) mass is 326 g/mol. The molecule has 0 saturated heterocycles. The number of carboxylic acid groups (broad SMARTS) is 1. The fourth-order valence-electron chi connectivity index (χ4n) is 3.52. The van der Waals surface area contributed by atoms with Gasteiger partial charge in [-0.25, -0.2) is 4.39 Å². The van der Waals surface area contributed by atoms with Gasteiger partial charge in [-0.05, 0) is 91.5 Å². The Bertz CT molecular complexity index is 804. The summed E-state index contributed by atoms with van der Waals surface area (Å²) in [5, 5.41) is 8.90. The lowest BCUT2D eigenvalue weighted by molar-refractivity contribution is -0.136. The molecule has 0 spiro atoms. The van der Waals surface area contributed by atoms with Gasteiger partial charge in [-0.15, -0.1) is 0 Å². The SMILES string of the molecule is Cc1cc(C)c(-c2cc(C)c(F)c(CCC(=O)O)c2)c(C2CC2)c1. The second kappa shape index (κ2) is 6.39. The van der Waals surface area contributed by atoms with Crippen LogP contribution in [0.2, 0.25) is 0 Å². The molecular formula is C21H23FO2. The van der Waals surface area contributed by atoms with Crippen molar-refractivity contribution in [2.75, 3.05) is 0 Å². The van der Waals surface area contributed by atoms with Crippen molar-refractivity contribution in [3.05, 3.63) is 57.9 Å². The molecule has 3 heteroatoms.